The number of hydrogen-bond acceptors (Lipinski definition) is 4. The summed E-state index contributed by atoms with van der Waals surface area (Å²) in [6, 6.07) is 1.79. The topological polar surface area (TPSA) is 75.4 Å². The van der Waals surface area contributed by atoms with Crippen LogP contribution in [0.25, 0.3) is 0 Å². The lowest BCUT2D eigenvalue weighted by molar-refractivity contribution is -0.150. The van der Waals surface area contributed by atoms with Crippen LogP contribution in [-0.4, -0.2) is 34.0 Å². The number of aryl methyl sites for hydroxylation is 1. The fourth-order valence-corrected chi connectivity index (χ4v) is 2.71. The summed E-state index contributed by atoms with van der Waals surface area (Å²) in [5, 5.41) is 6.73. The van der Waals surface area contributed by atoms with Crippen LogP contribution in [0.15, 0.2) is 10.6 Å². The molecule has 1 aromatic rings. The summed E-state index contributed by atoms with van der Waals surface area (Å²) in [5.41, 5.74) is -0.0626. The predicted molar refractivity (Wildman–Crippen MR) is 65.9 cm³/mol. The summed E-state index contributed by atoms with van der Waals surface area (Å²) in [6.45, 7) is 4.04. The molecule has 2 aliphatic rings. The molecular weight excluding hydrogens is 246 g/mol. The molecule has 1 N–H and O–H groups in total. The van der Waals surface area contributed by atoms with Gasteiger partial charge in [-0.15, -0.1) is 0 Å². The van der Waals surface area contributed by atoms with Crippen molar-refractivity contribution < 1.29 is 14.1 Å². The van der Waals surface area contributed by atoms with Gasteiger partial charge in [-0.25, -0.2) is 0 Å². The summed E-state index contributed by atoms with van der Waals surface area (Å²) >= 11 is 0. The standard InChI is InChI=1S/C13H17N3O3/c1-8-5-10(15-19-8)6-16-7-11(17)14-13(2,12(16)18)9-3-4-9/h5,9H,3-4,6-7H2,1-2H3,(H,14,17). The molecule has 102 valence electrons. The van der Waals surface area contributed by atoms with Crippen LogP contribution in [0.2, 0.25) is 0 Å². The zero-order chi connectivity index (χ0) is 13.6. The maximum atomic E-state index is 12.5. The monoisotopic (exact) mass is 263 g/mol. The predicted octanol–water partition coefficient (Wildman–Crippen LogP) is 0.610. The number of nitrogens with one attached hydrogen (secondary N) is 1. The Kier molecular flexibility index (Phi) is 2.62. The summed E-state index contributed by atoms with van der Waals surface area (Å²) in [6.07, 6.45) is 2.00. The average molecular weight is 263 g/mol. The van der Waals surface area contributed by atoms with Gasteiger partial charge in [0.25, 0.3) is 0 Å². The largest absolute Gasteiger partial charge is 0.361 e. The first-order valence-electron chi connectivity index (χ1n) is 6.51. The van der Waals surface area contributed by atoms with E-state index in [1.165, 1.54) is 0 Å². The fraction of sp³-hybridized carbons (Fsp3) is 0.615. The molecule has 19 heavy (non-hydrogen) atoms. The number of rotatable bonds is 3. The Morgan fingerprint density at radius 1 is 1.53 bits per heavy atom. The van der Waals surface area contributed by atoms with Gasteiger partial charge >= 0.3 is 0 Å². The van der Waals surface area contributed by atoms with E-state index in [1.807, 2.05) is 6.92 Å². The van der Waals surface area contributed by atoms with E-state index >= 15 is 0 Å². The van der Waals surface area contributed by atoms with E-state index in [-0.39, 0.29) is 24.3 Å². The van der Waals surface area contributed by atoms with Crippen molar-refractivity contribution in [1.29, 1.82) is 0 Å². The Hall–Kier alpha value is -1.85. The summed E-state index contributed by atoms with van der Waals surface area (Å²) in [7, 11) is 0. The molecule has 6 heteroatoms. The number of aromatic nitrogens is 1. The van der Waals surface area contributed by atoms with Gasteiger partial charge in [0, 0.05) is 6.07 Å². The van der Waals surface area contributed by atoms with Crippen LogP contribution < -0.4 is 5.32 Å². The SMILES string of the molecule is Cc1cc(CN2CC(=O)NC(C)(C3CC3)C2=O)no1. The first-order chi connectivity index (χ1) is 8.99. The quantitative estimate of drug-likeness (QED) is 0.867. The second-order valence-corrected chi connectivity index (χ2v) is 5.61. The van der Waals surface area contributed by atoms with Crippen molar-refractivity contribution >= 4 is 11.8 Å². The van der Waals surface area contributed by atoms with Gasteiger partial charge in [-0.1, -0.05) is 5.16 Å². The molecule has 1 aliphatic carbocycles. The van der Waals surface area contributed by atoms with Crippen molar-refractivity contribution in [2.24, 2.45) is 5.92 Å². The van der Waals surface area contributed by atoms with E-state index < -0.39 is 5.54 Å². The van der Waals surface area contributed by atoms with Crippen molar-refractivity contribution in [3.8, 4) is 0 Å². The second-order valence-electron chi connectivity index (χ2n) is 5.61. The third-order valence-electron chi connectivity index (χ3n) is 3.89. The first kappa shape index (κ1) is 12.2. The van der Waals surface area contributed by atoms with Crippen LogP contribution in [0.4, 0.5) is 0 Å². The van der Waals surface area contributed by atoms with Gasteiger partial charge in [0.2, 0.25) is 11.8 Å². The molecule has 1 aliphatic heterocycles. The van der Waals surface area contributed by atoms with Crippen molar-refractivity contribution in [3.05, 3.63) is 17.5 Å². The molecule has 6 nitrogen and oxygen atoms in total. The van der Waals surface area contributed by atoms with Crippen LogP contribution in [-0.2, 0) is 16.1 Å². The lowest BCUT2D eigenvalue weighted by Gasteiger charge is -2.39. The average Bonchev–Trinajstić information content (AvgIpc) is 3.11. The Bertz CT molecular complexity index is 535. The van der Waals surface area contributed by atoms with Crippen molar-refractivity contribution in [2.45, 2.75) is 38.8 Å². The maximum Gasteiger partial charge on any atom is 0.249 e. The lowest BCUT2D eigenvalue weighted by Crippen LogP contribution is -2.66. The summed E-state index contributed by atoms with van der Waals surface area (Å²) < 4.78 is 4.99. The molecule has 0 bridgehead atoms. The Morgan fingerprint density at radius 2 is 2.26 bits per heavy atom. The van der Waals surface area contributed by atoms with Crippen LogP contribution in [0.1, 0.15) is 31.2 Å². The fourth-order valence-electron chi connectivity index (χ4n) is 2.71. The molecule has 0 radical (unpaired) electrons. The number of piperazine rings is 1. The normalized spacial score (nSPS) is 27.6. The van der Waals surface area contributed by atoms with Crippen molar-refractivity contribution in [2.75, 3.05) is 6.54 Å². The minimum atomic E-state index is -0.742. The molecule has 1 unspecified atom stereocenters. The van der Waals surface area contributed by atoms with Gasteiger partial charge in [-0.2, -0.15) is 0 Å². The number of hydrogen-bond donors (Lipinski definition) is 1. The molecule has 0 spiro atoms. The van der Waals surface area contributed by atoms with Gasteiger partial charge in [-0.05, 0) is 32.6 Å². The van der Waals surface area contributed by atoms with Gasteiger partial charge in [0.15, 0.2) is 0 Å². The minimum absolute atomic E-state index is 0.0183. The van der Waals surface area contributed by atoms with E-state index in [0.717, 1.165) is 12.8 Å². The second kappa shape index (κ2) is 4.08. The molecule has 1 saturated heterocycles. The molecule has 0 aromatic carbocycles. The number of nitrogens with zero attached hydrogens (tertiary/aromatic N) is 2. The highest BCUT2D eigenvalue weighted by molar-refractivity contribution is 5.98. The van der Waals surface area contributed by atoms with Crippen LogP contribution in [0, 0.1) is 12.8 Å². The molecule has 1 atom stereocenters. The zero-order valence-corrected chi connectivity index (χ0v) is 11.1. The van der Waals surface area contributed by atoms with Gasteiger partial charge in [0.05, 0.1) is 6.54 Å². The van der Waals surface area contributed by atoms with Crippen LogP contribution in [0.3, 0.4) is 0 Å². The highest BCUT2D eigenvalue weighted by Crippen LogP contribution is 2.41. The van der Waals surface area contributed by atoms with Crippen LogP contribution in [0.5, 0.6) is 0 Å². The van der Waals surface area contributed by atoms with Gasteiger partial charge in [0.1, 0.15) is 23.5 Å². The smallest absolute Gasteiger partial charge is 0.249 e. The number of amides is 2. The zero-order valence-electron chi connectivity index (χ0n) is 11.1. The Balaban J connectivity index is 1.80. The maximum absolute atomic E-state index is 12.5. The molecule has 3 rings (SSSR count). The molecule has 2 fully saturated rings. The lowest BCUT2D eigenvalue weighted by atomic mass is 9.91. The van der Waals surface area contributed by atoms with Crippen molar-refractivity contribution in [1.82, 2.24) is 15.4 Å². The highest BCUT2D eigenvalue weighted by atomic mass is 16.5. The van der Waals surface area contributed by atoms with E-state index in [4.69, 9.17) is 4.52 Å². The number of carbonyl (C=O) groups is 2. The van der Waals surface area contributed by atoms with E-state index in [2.05, 4.69) is 10.5 Å². The molecule has 2 amide bonds. The third kappa shape index (κ3) is 2.11. The van der Waals surface area contributed by atoms with E-state index in [9.17, 15) is 9.59 Å². The number of carbonyl (C=O) groups excluding carboxylic acids is 2. The molecule has 1 saturated carbocycles. The third-order valence-corrected chi connectivity index (χ3v) is 3.89. The van der Waals surface area contributed by atoms with Gasteiger partial charge < -0.3 is 14.7 Å². The van der Waals surface area contributed by atoms with Crippen molar-refractivity contribution in [3.63, 3.8) is 0 Å². The van der Waals surface area contributed by atoms with Gasteiger partial charge in [-0.3, -0.25) is 9.59 Å². The van der Waals surface area contributed by atoms with E-state index in [0.29, 0.717) is 18.0 Å². The van der Waals surface area contributed by atoms with E-state index in [1.54, 1.807) is 17.9 Å². The summed E-state index contributed by atoms with van der Waals surface area (Å²) in [4.78, 5) is 25.9. The molecular formula is C13H17N3O3. The Morgan fingerprint density at radius 3 is 2.84 bits per heavy atom. The highest BCUT2D eigenvalue weighted by Gasteiger charge is 2.52. The molecule has 2 heterocycles. The summed E-state index contributed by atoms with van der Waals surface area (Å²) in [5.74, 6) is 0.851. The minimum Gasteiger partial charge on any atom is -0.361 e. The first-order valence-corrected chi connectivity index (χ1v) is 6.51. The van der Waals surface area contributed by atoms with Crippen LogP contribution >= 0.6 is 0 Å². The Labute approximate surface area is 111 Å². The molecule has 1 aromatic heterocycles.